The molecule has 0 atom stereocenters. The fourth-order valence-electron chi connectivity index (χ4n) is 8.35. The van der Waals surface area contributed by atoms with Crippen molar-refractivity contribution in [2.24, 2.45) is 0 Å². The smallest absolute Gasteiger partial charge is 0.161 e. The quantitative estimate of drug-likeness (QED) is 0.140. The summed E-state index contributed by atoms with van der Waals surface area (Å²) >= 11 is 0. The molecule has 0 unspecified atom stereocenters. The van der Waals surface area contributed by atoms with E-state index in [2.05, 4.69) is 184 Å². The minimum Gasteiger partial charge on any atom is -0.228 e. The number of hydrogen-bond donors (Lipinski definition) is 0. The topological polar surface area (TPSA) is 25.8 Å². The first-order valence-electron chi connectivity index (χ1n) is 17.7. The van der Waals surface area contributed by atoms with E-state index in [0.29, 0.717) is 0 Å². The SMILES string of the molecule is CC1(C)c2ccccc2-c2ccc(-c3cc(-c4ccccc4-c4ccccc4)nc(-c4c5ccccc5cc5c4ccc4ccccc45)n3)cc21. The summed E-state index contributed by atoms with van der Waals surface area (Å²) in [4.78, 5) is 11.0. The summed E-state index contributed by atoms with van der Waals surface area (Å²) < 4.78 is 0. The molecule has 10 rings (SSSR count). The molecule has 0 amide bonds. The summed E-state index contributed by atoms with van der Waals surface area (Å²) in [6.07, 6.45) is 0. The molecule has 0 spiro atoms. The molecule has 0 saturated carbocycles. The molecule has 1 heterocycles. The first-order chi connectivity index (χ1) is 25.0. The van der Waals surface area contributed by atoms with Gasteiger partial charge in [-0.15, -0.1) is 0 Å². The van der Waals surface area contributed by atoms with Gasteiger partial charge in [0.05, 0.1) is 11.4 Å². The molecule has 9 aromatic rings. The second-order valence-electron chi connectivity index (χ2n) is 14.2. The molecule has 51 heavy (non-hydrogen) atoms. The molecule has 1 aliphatic carbocycles. The normalized spacial score (nSPS) is 13.1. The third kappa shape index (κ3) is 4.64. The first-order valence-corrected chi connectivity index (χ1v) is 17.7. The summed E-state index contributed by atoms with van der Waals surface area (Å²) in [6.45, 7) is 4.67. The van der Waals surface area contributed by atoms with Crippen molar-refractivity contribution in [2.45, 2.75) is 19.3 Å². The van der Waals surface area contributed by atoms with Crippen molar-refractivity contribution >= 4 is 32.3 Å². The predicted octanol–water partition coefficient (Wildman–Crippen LogP) is 12.9. The van der Waals surface area contributed by atoms with E-state index in [1.807, 2.05) is 0 Å². The van der Waals surface area contributed by atoms with Crippen molar-refractivity contribution in [3.63, 3.8) is 0 Å². The zero-order valence-corrected chi connectivity index (χ0v) is 28.6. The molecular formula is C49H34N2. The molecule has 0 saturated heterocycles. The lowest BCUT2D eigenvalue weighted by molar-refractivity contribution is 0.660. The molecule has 1 aromatic heterocycles. The standard InChI is InChI=1S/C49H34N2/c1-49(2)43-23-13-12-21-38(43)39-26-25-34(29-44(39)49)45-30-46(40-22-11-10-18-35(40)31-14-4-3-5-15-31)51-48(50-45)47-37-20-9-7-17-33(37)28-42-36-19-8-6-16-32(36)24-27-41(42)47/h3-30H,1-2H3. The minimum absolute atomic E-state index is 0.118. The van der Waals surface area contributed by atoms with Crippen molar-refractivity contribution in [3.05, 3.63) is 181 Å². The Labute approximate surface area is 297 Å². The van der Waals surface area contributed by atoms with E-state index < -0.39 is 0 Å². The third-order valence-corrected chi connectivity index (χ3v) is 10.9. The maximum Gasteiger partial charge on any atom is 0.161 e. The van der Waals surface area contributed by atoms with E-state index in [9.17, 15) is 0 Å². The van der Waals surface area contributed by atoms with Crippen LogP contribution < -0.4 is 0 Å². The molecule has 0 N–H and O–H groups in total. The van der Waals surface area contributed by atoms with Gasteiger partial charge < -0.3 is 0 Å². The van der Waals surface area contributed by atoms with Crippen LogP contribution in [0, 0.1) is 0 Å². The predicted molar refractivity (Wildman–Crippen MR) is 214 cm³/mol. The van der Waals surface area contributed by atoms with Gasteiger partial charge in [-0.2, -0.15) is 0 Å². The van der Waals surface area contributed by atoms with Crippen LogP contribution in [0.25, 0.3) is 88.5 Å². The highest BCUT2D eigenvalue weighted by Gasteiger charge is 2.35. The van der Waals surface area contributed by atoms with Gasteiger partial charge in [-0.25, -0.2) is 9.97 Å². The molecule has 0 fully saturated rings. The molecule has 1 aliphatic rings. The lowest BCUT2D eigenvalue weighted by Crippen LogP contribution is -2.14. The van der Waals surface area contributed by atoms with Crippen LogP contribution in [0.4, 0.5) is 0 Å². The Morgan fingerprint density at radius 3 is 1.86 bits per heavy atom. The van der Waals surface area contributed by atoms with Gasteiger partial charge in [0.25, 0.3) is 0 Å². The van der Waals surface area contributed by atoms with Crippen molar-refractivity contribution < 1.29 is 0 Å². The van der Waals surface area contributed by atoms with Crippen LogP contribution in [-0.4, -0.2) is 9.97 Å². The Kier molecular flexibility index (Phi) is 6.56. The highest BCUT2D eigenvalue weighted by molar-refractivity contribution is 6.19. The molecule has 2 nitrogen and oxygen atoms in total. The van der Waals surface area contributed by atoms with Crippen LogP contribution in [0.5, 0.6) is 0 Å². The van der Waals surface area contributed by atoms with Gasteiger partial charge in [0.15, 0.2) is 5.82 Å². The zero-order valence-electron chi connectivity index (χ0n) is 28.6. The average Bonchev–Trinajstić information content (AvgIpc) is 3.42. The van der Waals surface area contributed by atoms with Gasteiger partial charge in [-0.3, -0.25) is 0 Å². The van der Waals surface area contributed by atoms with Crippen LogP contribution >= 0.6 is 0 Å². The van der Waals surface area contributed by atoms with Crippen LogP contribution in [0.1, 0.15) is 25.0 Å². The van der Waals surface area contributed by atoms with Gasteiger partial charge in [0, 0.05) is 22.1 Å². The Hall–Kier alpha value is -6.38. The van der Waals surface area contributed by atoms with E-state index in [1.54, 1.807) is 0 Å². The molecule has 0 bridgehead atoms. The first kappa shape index (κ1) is 29.5. The highest BCUT2D eigenvalue weighted by atomic mass is 14.9. The Morgan fingerprint density at radius 2 is 1.02 bits per heavy atom. The minimum atomic E-state index is -0.118. The number of hydrogen-bond acceptors (Lipinski definition) is 2. The molecule has 0 aliphatic heterocycles. The van der Waals surface area contributed by atoms with Gasteiger partial charge >= 0.3 is 0 Å². The van der Waals surface area contributed by atoms with E-state index in [1.165, 1.54) is 43.8 Å². The van der Waals surface area contributed by atoms with Crippen molar-refractivity contribution in [1.82, 2.24) is 9.97 Å². The van der Waals surface area contributed by atoms with E-state index in [-0.39, 0.29) is 5.41 Å². The lowest BCUT2D eigenvalue weighted by Gasteiger charge is -2.22. The molecule has 0 radical (unpaired) electrons. The number of fused-ring (bicyclic) bond motifs is 7. The largest absolute Gasteiger partial charge is 0.228 e. The number of rotatable bonds is 4. The van der Waals surface area contributed by atoms with Crippen molar-refractivity contribution in [2.75, 3.05) is 0 Å². The molecule has 8 aromatic carbocycles. The van der Waals surface area contributed by atoms with Gasteiger partial charge in [-0.1, -0.05) is 166 Å². The molecular weight excluding hydrogens is 617 g/mol. The van der Waals surface area contributed by atoms with E-state index in [0.717, 1.165) is 55.8 Å². The monoisotopic (exact) mass is 650 g/mol. The fraction of sp³-hybridized carbons (Fsp3) is 0.0612. The van der Waals surface area contributed by atoms with E-state index in [4.69, 9.17) is 9.97 Å². The second kappa shape index (κ2) is 11.3. The summed E-state index contributed by atoms with van der Waals surface area (Å²) in [5, 5.41) is 7.13. The van der Waals surface area contributed by atoms with Gasteiger partial charge in [-0.05, 0) is 83.9 Å². The number of benzene rings is 8. The van der Waals surface area contributed by atoms with E-state index >= 15 is 0 Å². The number of aromatic nitrogens is 2. The van der Waals surface area contributed by atoms with Crippen LogP contribution in [0.15, 0.2) is 170 Å². The summed E-state index contributed by atoms with van der Waals surface area (Å²) in [5.41, 5.74) is 12.5. The maximum atomic E-state index is 5.49. The summed E-state index contributed by atoms with van der Waals surface area (Å²) in [5.74, 6) is 0.727. The molecule has 240 valence electrons. The van der Waals surface area contributed by atoms with Gasteiger partial charge in [0.2, 0.25) is 0 Å². The third-order valence-electron chi connectivity index (χ3n) is 10.9. The Morgan fingerprint density at radius 1 is 0.373 bits per heavy atom. The lowest BCUT2D eigenvalue weighted by atomic mass is 9.82. The second-order valence-corrected chi connectivity index (χ2v) is 14.2. The average molecular weight is 651 g/mol. The Balaban J connectivity index is 1.28. The van der Waals surface area contributed by atoms with Crippen LogP contribution in [-0.2, 0) is 5.41 Å². The van der Waals surface area contributed by atoms with Crippen molar-refractivity contribution in [3.8, 4) is 56.2 Å². The van der Waals surface area contributed by atoms with Gasteiger partial charge in [0.1, 0.15) is 0 Å². The Bertz CT molecular complexity index is 2830. The summed E-state index contributed by atoms with van der Waals surface area (Å²) in [7, 11) is 0. The zero-order chi connectivity index (χ0) is 34.1. The maximum absolute atomic E-state index is 5.49. The van der Waals surface area contributed by atoms with Crippen LogP contribution in [0.2, 0.25) is 0 Å². The fourth-order valence-corrected chi connectivity index (χ4v) is 8.35. The highest BCUT2D eigenvalue weighted by Crippen LogP contribution is 2.50. The number of nitrogens with zero attached hydrogens (tertiary/aromatic N) is 2. The molecule has 2 heteroatoms. The summed E-state index contributed by atoms with van der Waals surface area (Å²) in [6, 6.07) is 61.2. The van der Waals surface area contributed by atoms with Crippen molar-refractivity contribution in [1.29, 1.82) is 0 Å². The van der Waals surface area contributed by atoms with Crippen LogP contribution in [0.3, 0.4) is 0 Å².